The van der Waals surface area contributed by atoms with Crippen LogP contribution >= 0.6 is 11.3 Å². The van der Waals surface area contributed by atoms with Gasteiger partial charge in [-0.2, -0.15) is 0 Å². The van der Waals surface area contributed by atoms with Crippen molar-refractivity contribution in [3.63, 3.8) is 0 Å². The summed E-state index contributed by atoms with van der Waals surface area (Å²) in [7, 11) is 0. The van der Waals surface area contributed by atoms with Crippen molar-refractivity contribution in [2.24, 2.45) is 5.92 Å². The van der Waals surface area contributed by atoms with Crippen LogP contribution in [0, 0.1) is 5.92 Å². The van der Waals surface area contributed by atoms with Crippen molar-refractivity contribution < 1.29 is 33.8 Å². The first-order chi connectivity index (χ1) is 26.6. The van der Waals surface area contributed by atoms with Crippen LogP contribution in [0.1, 0.15) is 42.7 Å². The summed E-state index contributed by atoms with van der Waals surface area (Å²) >= 11 is 1.45. The molecule has 1 unspecified atom stereocenters. The molecule has 12 nitrogen and oxygen atoms in total. The van der Waals surface area contributed by atoms with Gasteiger partial charge in [0.2, 0.25) is 17.7 Å². The molecule has 0 aliphatic carbocycles. The van der Waals surface area contributed by atoms with Crippen LogP contribution in [0.25, 0.3) is 10.8 Å². The van der Waals surface area contributed by atoms with Gasteiger partial charge >= 0.3 is 6.09 Å². The Labute approximate surface area is 327 Å². The Hall–Kier alpha value is -4.82. The van der Waals surface area contributed by atoms with Crippen LogP contribution in [-0.2, 0) is 43.3 Å². The maximum absolute atomic E-state index is 14.2. The number of thiophene rings is 1. The van der Waals surface area contributed by atoms with E-state index in [2.05, 4.69) is 26.2 Å². The zero-order valence-corrected chi connectivity index (χ0v) is 32.4. The normalized spacial score (nSPS) is 15.4. The largest absolute Gasteiger partial charge is 0.445 e. The number of fused-ring (bicyclic) bond motifs is 1. The van der Waals surface area contributed by atoms with Crippen LogP contribution < -0.4 is 21.3 Å². The van der Waals surface area contributed by atoms with Gasteiger partial charge in [-0.25, -0.2) is 4.79 Å². The van der Waals surface area contributed by atoms with E-state index in [-0.39, 0.29) is 37.7 Å². The van der Waals surface area contributed by atoms with Crippen LogP contribution in [0.3, 0.4) is 0 Å². The third-order valence-corrected chi connectivity index (χ3v) is 10.4. The second-order valence-corrected chi connectivity index (χ2v) is 15.3. The van der Waals surface area contributed by atoms with Crippen LogP contribution in [0.2, 0.25) is 0 Å². The smallest absolute Gasteiger partial charge is 0.408 e. The minimum atomic E-state index is -1.16. The molecule has 4 atom stereocenters. The monoisotopic (exact) mass is 771 g/mol. The Bertz CT molecular complexity index is 1810. The number of hydrogen-bond donors (Lipinski definition) is 5. The molecule has 5 N–H and O–H groups in total. The lowest BCUT2D eigenvalue weighted by Gasteiger charge is -2.29. The predicted octanol–water partition coefficient (Wildman–Crippen LogP) is 4.20. The van der Waals surface area contributed by atoms with Gasteiger partial charge in [0.05, 0.1) is 31.8 Å². The number of rotatable bonds is 19. The maximum atomic E-state index is 14.2. The lowest BCUT2D eigenvalue weighted by atomic mass is 9.96. The summed E-state index contributed by atoms with van der Waals surface area (Å²) in [6.45, 7) is 8.03. The summed E-state index contributed by atoms with van der Waals surface area (Å²) in [6, 6.07) is 23.7. The molecule has 294 valence electrons. The van der Waals surface area contributed by atoms with E-state index in [9.17, 15) is 24.3 Å². The summed E-state index contributed by atoms with van der Waals surface area (Å²) in [5.41, 5.74) is 1.63. The van der Waals surface area contributed by atoms with E-state index in [1.54, 1.807) is 0 Å². The van der Waals surface area contributed by atoms with E-state index in [0.29, 0.717) is 32.7 Å². The van der Waals surface area contributed by atoms with Crippen molar-refractivity contribution >= 4 is 45.9 Å². The first-order valence-electron chi connectivity index (χ1n) is 19.0. The topological polar surface area (TPSA) is 158 Å². The number of nitrogens with zero attached hydrogens (tertiary/aromatic N) is 1. The highest BCUT2D eigenvalue weighted by Crippen LogP contribution is 2.21. The molecule has 0 spiro atoms. The summed E-state index contributed by atoms with van der Waals surface area (Å²) in [6.07, 6.45) is -1.39. The first kappa shape index (κ1) is 41.3. The molecule has 1 saturated heterocycles. The van der Waals surface area contributed by atoms with Gasteiger partial charge in [0.1, 0.15) is 18.7 Å². The fourth-order valence-electron chi connectivity index (χ4n) is 6.60. The molecule has 1 aromatic heterocycles. The van der Waals surface area contributed by atoms with E-state index >= 15 is 0 Å². The Morgan fingerprint density at radius 1 is 0.836 bits per heavy atom. The van der Waals surface area contributed by atoms with Crippen LogP contribution in [0.15, 0.2) is 90.3 Å². The molecule has 1 aliphatic heterocycles. The molecule has 1 fully saturated rings. The number of benzene rings is 3. The minimum Gasteiger partial charge on any atom is -0.445 e. The summed E-state index contributed by atoms with van der Waals surface area (Å²) in [5.74, 6) is -1.30. The van der Waals surface area contributed by atoms with Crippen molar-refractivity contribution in [2.75, 3.05) is 39.4 Å². The van der Waals surface area contributed by atoms with Crippen LogP contribution in [-0.4, -0.2) is 97.4 Å². The predicted molar refractivity (Wildman–Crippen MR) is 213 cm³/mol. The van der Waals surface area contributed by atoms with E-state index in [1.807, 2.05) is 104 Å². The highest BCUT2D eigenvalue weighted by molar-refractivity contribution is 7.09. The quantitative estimate of drug-likeness (QED) is 0.0950. The molecule has 0 radical (unpaired) electrons. The van der Waals surface area contributed by atoms with Crippen molar-refractivity contribution in [3.8, 4) is 0 Å². The van der Waals surface area contributed by atoms with E-state index < -0.39 is 42.1 Å². The fraction of sp³-hybridized carbons (Fsp3) is 0.429. The molecule has 13 heteroatoms. The van der Waals surface area contributed by atoms with Crippen molar-refractivity contribution in [1.82, 2.24) is 26.2 Å². The van der Waals surface area contributed by atoms with Gasteiger partial charge in [0, 0.05) is 43.9 Å². The molecule has 5 rings (SSSR count). The number of carbonyl (C=O) groups is 4. The van der Waals surface area contributed by atoms with Crippen LogP contribution in [0.4, 0.5) is 4.79 Å². The number of morpholine rings is 1. The number of alkyl carbamates (subject to hydrolysis) is 1. The van der Waals surface area contributed by atoms with Gasteiger partial charge < -0.3 is 35.8 Å². The average molecular weight is 772 g/mol. The van der Waals surface area contributed by atoms with Crippen LogP contribution in [0.5, 0.6) is 0 Å². The third-order valence-electron chi connectivity index (χ3n) is 9.51. The zero-order chi connectivity index (χ0) is 39.0. The Morgan fingerprint density at radius 3 is 2.29 bits per heavy atom. The second-order valence-electron chi connectivity index (χ2n) is 14.3. The van der Waals surface area contributed by atoms with E-state index in [1.165, 1.54) is 11.3 Å². The van der Waals surface area contributed by atoms with Crippen molar-refractivity contribution in [3.05, 3.63) is 106 Å². The van der Waals surface area contributed by atoms with Gasteiger partial charge in [-0.05, 0) is 45.7 Å². The van der Waals surface area contributed by atoms with Crippen molar-refractivity contribution in [1.29, 1.82) is 0 Å². The standard InChI is InChI=1S/C42H53N5O7S/c1-29(2)24-35(38(48)27-39(49)43-17-18-47-19-21-53-22-20-47)44-41(51)37(26-33-15-9-23-55-33)45-40(50)36(46-42(52)54-28-30-10-4-3-5-11-30)25-32-14-8-13-31-12-6-7-16-34(31)32/h3-16,23,29,35-38,48H,17-22,24-28H2,1-2H3,(H,43,49)(H,44,51)(H,45,50)(H,46,52)/t35-,36-,37?,38-/m0/s1. The molecular formula is C42H53N5O7S. The van der Waals surface area contributed by atoms with Gasteiger partial charge in [-0.3, -0.25) is 19.3 Å². The minimum absolute atomic E-state index is 0.0180. The van der Waals surface area contributed by atoms with E-state index in [4.69, 9.17) is 9.47 Å². The summed E-state index contributed by atoms with van der Waals surface area (Å²) in [4.78, 5) is 57.4. The SMILES string of the molecule is CC(C)C[C@H](NC(=O)C(Cc1cccs1)NC(=O)[C@H](Cc1cccc2ccccc12)NC(=O)OCc1ccccc1)[C@@H](O)CC(=O)NCCN1CCOCC1. The molecule has 55 heavy (non-hydrogen) atoms. The summed E-state index contributed by atoms with van der Waals surface area (Å²) < 4.78 is 10.9. The molecule has 3 aromatic carbocycles. The molecule has 0 bridgehead atoms. The zero-order valence-electron chi connectivity index (χ0n) is 31.6. The highest BCUT2D eigenvalue weighted by atomic mass is 32.1. The van der Waals surface area contributed by atoms with Gasteiger partial charge in [-0.1, -0.05) is 92.7 Å². The van der Waals surface area contributed by atoms with Gasteiger partial charge in [-0.15, -0.1) is 11.3 Å². The molecule has 2 heterocycles. The highest BCUT2D eigenvalue weighted by Gasteiger charge is 2.32. The molecule has 4 aromatic rings. The molecule has 0 saturated carbocycles. The number of hydrogen-bond acceptors (Lipinski definition) is 9. The Morgan fingerprint density at radius 2 is 1.55 bits per heavy atom. The molecule has 1 aliphatic rings. The fourth-order valence-corrected chi connectivity index (χ4v) is 7.36. The third kappa shape index (κ3) is 13.5. The average Bonchev–Trinajstić information content (AvgIpc) is 3.70. The lowest BCUT2D eigenvalue weighted by Crippen LogP contribution is -2.57. The number of ether oxygens (including phenoxy) is 2. The van der Waals surface area contributed by atoms with Gasteiger partial charge in [0.15, 0.2) is 0 Å². The summed E-state index contributed by atoms with van der Waals surface area (Å²) in [5, 5.41) is 26.6. The van der Waals surface area contributed by atoms with E-state index in [0.717, 1.165) is 39.9 Å². The first-order valence-corrected chi connectivity index (χ1v) is 19.8. The number of carbonyl (C=O) groups excluding carboxylic acids is 4. The Balaban J connectivity index is 1.29. The van der Waals surface area contributed by atoms with Crippen molar-refractivity contribution in [2.45, 2.75) is 70.4 Å². The molecule has 4 amide bonds. The van der Waals surface area contributed by atoms with Gasteiger partial charge in [0.25, 0.3) is 0 Å². The number of amides is 4. The maximum Gasteiger partial charge on any atom is 0.408 e. The lowest BCUT2D eigenvalue weighted by molar-refractivity contribution is -0.131. The second kappa shape index (κ2) is 21.3. The number of aliphatic hydroxyl groups excluding tert-OH is 1. The molecular weight excluding hydrogens is 719 g/mol. The Kier molecular flexibility index (Phi) is 16.0. The number of aliphatic hydroxyl groups is 1. The number of nitrogens with one attached hydrogen (secondary N) is 4.